The Balaban J connectivity index is 1.42. The van der Waals surface area contributed by atoms with Gasteiger partial charge in [0.05, 0.1) is 18.7 Å². The van der Waals surface area contributed by atoms with E-state index in [0.717, 1.165) is 12.8 Å². The number of furan rings is 1. The van der Waals surface area contributed by atoms with Crippen LogP contribution >= 0.6 is 0 Å². The van der Waals surface area contributed by atoms with E-state index in [1.165, 1.54) is 25.5 Å². The summed E-state index contributed by atoms with van der Waals surface area (Å²) in [6.45, 7) is 3.38. The Bertz CT molecular complexity index is 587. The van der Waals surface area contributed by atoms with Crippen molar-refractivity contribution in [2.75, 3.05) is 32.7 Å². The summed E-state index contributed by atoms with van der Waals surface area (Å²) in [4.78, 5) is 28.6. The van der Waals surface area contributed by atoms with Gasteiger partial charge in [-0.2, -0.15) is 0 Å². The second kappa shape index (κ2) is 8.49. The van der Waals surface area contributed by atoms with Crippen molar-refractivity contribution < 1.29 is 14.0 Å². The van der Waals surface area contributed by atoms with Gasteiger partial charge < -0.3 is 20.4 Å². The molecule has 2 amide bonds. The lowest BCUT2D eigenvalue weighted by atomic mass is 9.95. The predicted molar refractivity (Wildman–Crippen MR) is 94.0 cm³/mol. The number of amides is 2. The molecule has 25 heavy (non-hydrogen) atoms. The Morgan fingerprint density at radius 1 is 1.16 bits per heavy atom. The van der Waals surface area contributed by atoms with Gasteiger partial charge >= 0.3 is 0 Å². The molecule has 0 atom stereocenters. The molecular formula is C18H28N4O3. The van der Waals surface area contributed by atoms with Gasteiger partial charge in [0, 0.05) is 32.2 Å². The molecule has 0 unspecified atom stereocenters. The summed E-state index contributed by atoms with van der Waals surface area (Å²) in [5, 5.41) is 3.15. The first-order valence-electron chi connectivity index (χ1n) is 9.24. The van der Waals surface area contributed by atoms with Crippen LogP contribution in [0.1, 0.15) is 48.2 Å². The lowest BCUT2D eigenvalue weighted by Gasteiger charge is -2.34. The minimum absolute atomic E-state index is 0.0326. The van der Waals surface area contributed by atoms with Crippen LogP contribution < -0.4 is 11.1 Å². The number of nitrogens with one attached hydrogen (secondary N) is 1. The molecule has 0 radical (unpaired) electrons. The smallest absolute Gasteiger partial charge is 0.257 e. The molecule has 1 saturated heterocycles. The Hall–Kier alpha value is -1.86. The molecule has 1 aromatic rings. The van der Waals surface area contributed by atoms with E-state index in [-0.39, 0.29) is 18.4 Å². The number of carbonyl (C=O) groups excluding carboxylic acids is 2. The number of nitrogens with zero attached hydrogens (tertiary/aromatic N) is 2. The van der Waals surface area contributed by atoms with Crippen molar-refractivity contribution in [2.24, 2.45) is 5.73 Å². The molecule has 1 aliphatic heterocycles. The van der Waals surface area contributed by atoms with E-state index in [1.807, 2.05) is 0 Å². The maximum atomic E-state index is 12.4. The molecule has 2 heterocycles. The zero-order valence-corrected chi connectivity index (χ0v) is 14.7. The number of hydrogen-bond acceptors (Lipinski definition) is 5. The normalized spacial score (nSPS) is 19.8. The van der Waals surface area contributed by atoms with Crippen molar-refractivity contribution in [1.29, 1.82) is 0 Å². The molecule has 1 saturated carbocycles. The maximum Gasteiger partial charge on any atom is 0.257 e. The third-order valence-corrected chi connectivity index (χ3v) is 5.10. The van der Waals surface area contributed by atoms with E-state index in [9.17, 15) is 9.59 Å². The van der Waals surface area contributed by atoms with E-state index in [0.29, 0.717) is 50.1 Å². The van der Waals surface area contributed by atoms with Crippen LogP contribution in [0.5, 0.6) is 0 Å². The molecule has 0 spiro atoms. The second-order valence-corrected chi connectivity index (χ2v) is 6.98. The number of carbonyl (C=O) groups is 2. The molecule has 7 heteroatoms. The maximum absolute atomic E-state index is 12.4. The minimum atomic E-state index is -0.0326. The van der Waals surface area contributed by atoms with E-state index < -0.39 is 0 Å². The molecule has 1 aromatic heterocycles. The van der Waals surface area contributed by atoms with Crippen molar-refractivity contribution in [1.82, 2.24) is 15.1 Å². The zero-order valence-electron chi connectivity index (χ0n) is 14.7. The van der Waals surface area contributed by atoms with Crippen LogP contribution in [0.2, 0.25) is 0 Å². The van der Waals surface area contributed by atoms with Crippen molar-refractivity contribution in [2.45, 2.75) is 44.7 Å². The highest BCUT2D eigenvalue weighted by molar-refractivity contribution is 5.94. The van der Waals surface area contributed by atoms with Gasteiger partial charge in [-0.15, -0.1) is 0 Å². The van der Waals surface area contributed by atoms with Crippen LogP contribution in [0.25, 0.3) is 0 Å². The summed E-state index contributed by atoms with van der Waals surface area (Å²) in [5.74, 6) is 0.685. The summed E-state index contributed by atoms with van der Waals surface area (Å²) in [7, 11) is 0. The fourth-order valence-corrected chi connectivity index (χ4v) is 3.61. The molecule has 138 valence electrons. The van der Waals surface area contributed by atoms with Crippen molar-refractivity contribution in [3.05, 3.63) is 23.7 Å². The first-order chi connectivity index (χ1) is 12.2. The largest absolute Gasteiger partial charge is 0.467 e. The summed E-state index contributed by atoms with van der Waals surface area (Å²) in [6.07, 6.45) is 7.38. The second-order valence-electron chi connectivity index (χ2n) is 6.98. The molecule has 0 aromatic carbocycles. The van der Waals surface area contributed by atoms with Gasteiger partial charge in [0.25, 0.3) is 5.91 Å². The highest BCUT2D eigenvalue weighted by Gasteiger charge is 2.25. The standard InChI is InChI=1S/C18H28N4O3/c19-11-16-10-14(13-25-16)18(24)22-8-6-21(7-9-22)12-17(23)20-15-4-2-1-3-5-15/h10,13,15H,1-9,11-12,19H2,(H,20,23). The number of nitrogens with two attached hydrogens (primary N) is 1. The lowest BCUT2D eigenvalue weighted by molar-refractivity contribution is -0.123. The summed E-state index contributed by atoms with van der Waals surface area (Å²) >= 11 is 0. The van der Waals surface area contributed by atoms with Gasteiger partial charge in [0.15, 0.2) is 0 Å². The van der Waals surface area contributed by atoms with Gasteiger partial charge in [0.2, 0.25) is 5.91 Å². The molecule has 2 aliphatic rings. The van der Waals surface area contributed by atoms with E-state index >= 15 is 0 Å². The average molecular weight is 348 g/mol. The first-order valence-corrected chi connectivity index (χ1v) is 9.24. The van der Waals surface area contributed by atoms with Crippen LogP contribution in [0.3, 0.4) is 0 Å². The first kappa shape index (κ1) is 17.9. The van der Waals surface area contributed by atoms with Crippen LogP contribution in [0.15, 0.2) is 16.7 Å². The van der Waals surface area contributed by atoms with Gasteiger partial charge in [-0.25, -0.2) is 0 Å². The third kappa shape index (κ3) is 4.83. The predicted octanol–water partition coefficient (Wildman–Crippen LogP) is 0.945. The number of hydrogen-bond donors (Lipinski definition) is 2. The van der Waals surface area contributed by atoms with E-state index in [4.69, 9.17) is 10.2 Å². The monoisotopic (exact) mass is 348 g/mol. The Morgan fingerprint density at radius 3 is 2.52 bits per heavy atom. The van der Waals surface area contributed by atoms with Crippen LogP contribution in [-0.2, 0) is 11.3 Å². The fraction of sp³-hybridized carbons (Fsp3) is 0.667. The van der Waals surface area contributed by atoms with E-state index in [2.05, 4.69) is 10.2 Å². The third-order valence-electron chi connectivity index (χ3n) is 5.10. The molecule has 3 N–H and O–H groups in total. The van der Waals surface area contributed by atoms with E-state index in [1.54, 1.807) is 11.0 Å². The highest BCUT2D eigenvalue weighted by atomic mass is 16.3. The number of rotatable bonds is 5. The SMILES string of the molecule is NCc1cc(C(=O)N2CCN(CC(=O)NC3CCCCC3)CC2)co1. The van der Waals surface area contributed by atoms with Crippen molar-refractivity contribution >= 4 is 11.8 Å². The van der Waals surface area contributed by atoms with Gasteiger partial charge in [-0.3, -0.25) is 14.5 Å². The summed E-state index contributed by atoms with van der Waals surface area (Å²) in [5.41, 5.74) is 6.06. The average Bonchev–Trinajstić information content (AvgIpc) is 3.12. The minimum Gasteiger partial charge on any atom is -0.467 e. The van der Waals surface area contributed by atoms with Crippen molar-refractivity contribution in [3.63, 3.8) is 0 Å². The Labute approximate surface area is 148 Å². The topological polar surface area (TPSA) is 91.8 Å². The zero-order chi connectivity index (χ0) is 17.6. The van der Waals surface area contributed by atoms with Crippen LogP contribution in [0.4, 0.5) is 0 Å². The Morgan fingerprint density at radius 2 is 1.88 bits per heavy atom. The van der Waals surface area contributed by atoms with Crippen molar-refractivity contribution in [3.8, 4) is 0 Å². The molecule has 2 fully saturated rings. The summed E-state index contributed by atoms with van der Waals surface area (Å²) < 4.78 is 5.24. The lowest BCUT2D eigenvalue weighted by Crippen LogP contribution is -2.52. The Kier molecular flexibility index (Phi) is 6.09. The fourth-order valence-electron chi connectivity index (χ4n) is 3.61. The molecule has 0 bridgehead atoms. The number of piperazine rings is 1. The van der Waals surface area contributed by atoms with Crippen LogP contribution in [0, 0.1) is 0 Å². The van der Waals surface area contributed by atoms with Gasteiger partial charge in [0.1, 0.15) is 12.0 Å². The quantitative estimate of drug-likeness (QED) is 0.826. The highest BCUT2D eigenvalue weighted by Crippen LogP contribution is 2.17. The van der Waals surface area contributed by atoms with Gasteiger partial charge in [-0.1, -0.05) is 19.3 Å². The summed E-state index contributed by atoms with van der Waals surface area (Å²) in [6, 6.07) is 2.05. The molecule has 7 nitrogen and oxygen atoms in total. The molecule has 3 rings (SSSR count). The van der Waals surface area contributed by atoms with Crippen LogP contribution in [-0.4, -0.2) is 60.4 Å². The molecule has 1 aliphatic carbocycles. The van der Waals surface area contributed by atoms with Gasteiger partial charge in [-0.05, 0) is 18.9 Å². The molecular weight excluding hydrogens is 320 g/mol.